The van der Waals surface area contributed by atoms with Crippen LogP contribution in [0.3, 0.4) is 0 Å². The lowest BCUT2D eigenvalue weighted by Crippen LogP contribution is -2.46. The standard InChI is InChI=1S/C23H25ClN4O2/c1-30-20-9-7-19(8-10-20)16-26-11-13-27(14-12-26)21-15-25-28(23(29)22(21)24)17-18-5-3-2-4-6-18/h2-10,15H,11-14,16-17H2,1H3. The van der Waals surface area contributed by atoms with E-state index in [4.69, 9.17) is 16.3 Å². The molecule has 7 heteroatoms. The highest BCUT2D eigenvalue weighted by Gasteiger charge is 2.21. The van der Waals surface area contributed by atoms with Gasteiger partial charge in [0, 0.05) is 32.7 Å². The van der Waals surface area contributed by atoms with Gasteiger partial charge >= 0.3 is 0 Å². The quantitative estimate of drug-likeness (QED) is 0.607. The summed E-state index contributed by atoms with van der Waals surface area (Å²) in [4.78, 5) is 17.3. The zero-order chi connectivity index (χ0) is 20.9. The second-order valence-corrected chi connectivity index (χ2v) is 7.78. The Hall–Kier alpha value is -2.83. The lowest BCUT2D eigenvalue weighted by molar-refractivity contribution is 0.249. The zero-order valence-electron chi connectivity index (χ0n) is 17.0. The Bertz CT molecular complexity index is 1030. The van der Waals surface area contributed by atoms with Crippen LogP contribution in [0.2, 0.25) is 5.02 Å². The molecule has 0 radical (unpaired) electrons. The van der Waals surface area contributed by atoms with Crippen LogP contribution in [0.15, 0.2) is 65.6 Å². The maximum atomic E-state index is 12.7. The van der Waals surface area contributed by atoms with Gasteiger partial charge in [-0.1, -0.05) is 54.1 Å². The highest BCUT2D eigenvalue weighted by Crippen LogP contribution is 2.23. The number of ether oxygens (including phenoxy) is 1. The van der Waals surface area contributed by atoms with Crippen molar-refractivity contribution in [2.45, 2.75) is 13.1 Å². The fourth-order valence-electron chi connectivity index (χ4n) is 3.68. The third-order valence-corrected chi connectivity index (χ3v) is 5.78. The summed E-state index contributed by atoms with van der Waals surface area (Å²) < 4.78 is 6.64. The molecule has 1 aliphatic heterocycles. The molecule has 1 saturated heterocycles. The summed E-state index contributed by atoms with van der Waals surface area (Å²) in [6, 6.07) is 17.9. The van der Waals surface area contributed by atoms with E-state index in [0.29, 0.717) is 6.54 Å². The summed E-state index contributed by atoms with van der Waals surface area (Å²) in [6.45, 7) is 4.71. The number of aromatic nitrogens is 2. The van der Waals surface area contributed by atoms with E-state index in [1.165, 1.54) is 10.2 Å². The fourth-order valence-corrected chi connectivity index (χ4v) is 3.95. The van der Waals surface area contributed by atoms with Crippen molar-refractivity contribution in [3.63, 3.8) is 0 Å². The molecule has 4 rings (SSSR count). The summed E-state index contributed by atoms with van der Waals surface area (Å²) in [5, 5.41) is 4.61. The van der Waals surface area contributed by atoms with E-state index in [1.54, 1.807) is 13.3 Å². The van der Waals surface area contributed by atoms with Crippen molar-refractivity contribution in [3.8, 4) is 5.75 Å². The molecule has 0 N–H and O–H groups in total. The molecule has 0 unspecified atom stereocenters. The van der Waals surface area contributed by atoms with Gasteiger partial charge in [0.25, 0.3) is 5.56 Å². The molecule has 6 nitrogen and oxygen atoms in total. The van der Waals surface area contributed by atoms with Crippen LogP contribution in [0.4, 0.5) is 5.69 Å². The van der Waals surface area contributed by atoms with E-state index in [-0.39, 0.29) is 10.6 Å². The number of nitrogens with zero attached hydrogens (tertiary/aromatic N) is 4. The van der Waals surface area contributed by atoms with Gasteiger partial charge in [-0.2, -0.15) is 5.10 Å². The molecule has 0 amide bonds. The smallest absolute Gasteiger partial charge is 0.287 e. The summed E-state index contributed by atoms with van der Waals surface area (Å²) in [5.74, 6) is 0.868. The fraction of sp³-hybridized carbons (Fsp3) is 0.304. The van der Waals surface area contributed by atoms with Gasteiger partial charge in [0.2, 0.25) is 0 Å². The van der Waals surface area contributed by atoms with Crippen molar-refractivity contribution in [2.24, 2.45) is 0 Å². The van der Waals surface area contributed by atoms with E-state index in [0.717, 1.165) is 49.7 Å². The van der Waals surface area contributed by atoms with Crippen LogP contribution in [0.1, 0.15) is 11.1 Å². The third kappa shape index (κ3) is 4.66. The van der Waals surface area contributed by atoms with Gasteiger partial charge in [-0.25, -0.2) is 4.68 Å². The second kappa shape index (κ2) is 9.32. The largest absolute Gasteiger partial charge is 0.497 e. The number of piperazine rings is 1. The predicted octanol–water partition coefficient (Wildman–Crippen LogP) is 3.28. The molecule has 1 aliphatic rings. The van der Waals surface area contributed by atoms with Gasteiger partial charge in [-0.3, -0.25) is 9.69 Å². The average Bonchev–Trinajstić information content (AvgIpc) is 2.79. The minimum absolute atomic E-state index is 0.240. The van der Waals surface area contributed by atoms with E-state index < -0.39 is 0 Å². The SMILES string of the molecule is COc1ccc(CN2CCN(c3cnn(Cc4ccccc4)c(=O)c3Cl)CC2)cc1. The average molecular weight is 425 g/mol. The molecule has 30 heavy (non-hydrogen) atoms. The lowest BCUT2D eigenvalue weighted by Gasteiger charge is -2.36. The normalized spacial score (nSPS) is 14.7. The Morgan fingerprint density at radius 1 is 0.933 bits per heavy atom. The van der Waals surface area contributed by atoms with Crippen LogP contribution in [-0.2, 0) is 13.1 Å². The number of benzene rings is 2. The van der Waals surface area contributed by atoms with Gasteiger partial charge in [-0.05, 0) is 23.3 Å². The summed E-state index contributed by atoms with van der Waals surface area (Å²) in [7, 11) is 1.67. The van der Waals surface area contributed by atoms with Crippen LogP contribution >= 0.6 is 11.6 Å². The van der Waals surface area contributed by atoms with Gasteiger partial charge < -0.3 is 9.64 Å². The number of methoxy groups -OCH3 is 1. The molecule has 2 heterocycles. The van der Waals surface area contributed by atoms with Crippen molar-refractivity contribution in [2.75, 3.05) is 38.2 Å². The van der Waals surface area contributed by atoms with Crippen LogP contribution in [-0.4, -0.2) is 48.0 Å². The molecular formula is C23H25ClN4O2. The molecule has 1 fully saturated rings. The topological polar surface area (TPSA) is 50.6 Å². The van der Waals surface area contributed by atoms with E-state index in [2.05, 4.69) is 27.0 Å². The molecule has 0 saturated carbocycles. The third-order valence-electron chi connectivity index (χ3n) is 5.42. The molecular weight excluding hydrogens is 400 g/mol. The molecule has 0 aliphatic carbocycles. The first-order valence-corrected chi connectivity index (χ1v) is 10.4. The minimum atomic E-state index is -0.251. The first kappa shape index (κ1) is 20.4. The van der Waals surface area contributed by atoms with E-state index in [9.17, 15) is 4.79 Å². The predicted molar refractivity (Wildman–Crippen MR) is 120 cm³/mol. The van der Waals surface area contributed by atoms with Crippen LogP contribution in [0.25, 0.3) is 0 Å². The maximum absolute atomic E-state index is 12.7. The van der Waals surface area contributed by atoms with Gasteiger partial charge in [0.05, 0.1) is 25.5 Å². The number of hydrogen-bond donors (Lipinski definition) is 0. The second-order valence-electron chi connectivity index (χ2n) is 7.40. The number of rotatable bonds is 6. The first-order valence-electron chi connectivity index (χ1n) is 10.0. The zero-order valence-corrected chi connectivity index (χ0v) is 17.8. The molecule has 0 atom stereocenters. The maximum Gasteiger partial charge on any atom is 0.287 e. The molecule has 156 valence electrons. The highest BCUT2D eigenvalue weighted by molar-refractivity contribution is 6.33. The summed E-state index contributed by atoms with van der Waals surface area (Å²) in [6.07, 6.45) is 1.71. The monoisotopic (exact) mass is 424 g/mol. The van der Waals surface area contributed by atoms with Crippen molar-refractivity contribution in [3.05, 3.63) is 87.3 Å². The molecule has 0 bridgehead atoms. The Kier molecular flexibility index (Phi) is 6.35. The Balaban J connectivity index is 1.39. The first-order chi connectivity index (χ1) is 14.6. The van der Waals surface area contributed by atoms with Gasteiger partial charge in [0.15, 0.2) is 0 Å². The van der Waals surface area contributed by atoms with Crippen molar-refractivity contribution in [1.29, 1.82) is 0 Å². The summed E-state index contributed by atoms with van der Waals surface area (Å²) in [5.41, 5.74) is 2.74. The number of hydrogen-bond acceptors (Lipinski definition) is 5. The van der Waals surface area contributed by atoms with Crippen molar-refractivity contribution in [1.82, 2.24) is 14.7 Å². The Morgan fingerprint density at radius 2 is 1.60 bits per heavy atom. The molecule has 3 aromatic rings. The summed E-state index contributed by atoms with van der Waals surface area (Å²) >= 11 is 6.45. The van der Waals surface area contributed by atoms with Crippen LogP contribution in [0, 0.1) is 0 Å². The highest BCUT2D eigenvalue weighted by atomic mass is 35.5. The minimum Gasteiger partial charge on any atom is -0.497 e. The van der Waals surface area contributed by atoms with Gasteiger partial charge in [0.1, 0.15) is 10.8 Å². The Morgan fingerprint density at radius 3 is 2.27 bits per heavy atom. The molecule has 2 aromatic carbocycles. The van der Waals surface area contributed by atoms with E-state index >= 15 is 0 Å². The molecule has 0 spiro atoms. The Labute approximate surface area is 181 Å². The molecule has 1 aromatic heterocycles. The van der Waals surface area contributed by atoms with Crippen molar-refractivity contribution >= 4 is 17.3 Å². The van der Waals surface area contributed by atoms with Crippen LogP contribution < -0.4 is 15.2 Å². The lowest BCUT2D eigenvalue weighted by atomic mass is 10.2. The van der Waals surface area contributed by atoms with Crippen molar-refractivity contribution < 1.29 is 4.74 Å². The number of halogens is 1. The van der Waals surface area contributed by atoms with E-state index in [1.807, 2.05) is 42.5 Å². The van der Waals surface area contributed by atoms with Crippen LogP contribution in [0.5, 0.6) is 5.75 Å². The number of anilines is 1. The van der Waals surface area contributed by atoms with Gasteiger partial charge in [-0.15, -0.1) is 0 Å².